The molecule has 2 aromatic rings. The number of nitrogens with zero attached hydrogens (tertiary/aromatic N) is 4. The van der Waals surface area contributed by atoms with E-state index in [1.807, 2.05) is 13.0 Å². The molecule has 0 spiro atoms. The van der Waals surface area contributed by atoms with Crippen LogP contribution in [0.1, 0.15) is 11.1 Å². The molecule has 4 nitrogen and oxygen atoms in total. The normalized spacial score (nSPS) is 10.0. The van der Waals surface area contributed by atoms with Gasteiger partial charge in [-0.2, -0.15) is 10.4 Å². The fourth-order valence-corrected chi connectivity index (χ4v) is 1.05. The minimum absolute atomic E-state index is 0.519. The van der Waals surface area contributed by atoms with Gasteiger partial charge in [-0.15, -0.1) is 0 Å². The highest BCUT2D eigenvalue weighted by molar-refractivity contribution is 5.46. The zero-order chi connectivity index (χ0) is 8.55. The summed E-state index contributed by atoms with van der Waals surface area (Å²) in [5, 5.41) is 12.6. The summed E-state index contributed by atoms with van der Waals surface area (Å²) >= 11 is 0. The Morgan fingerprint density at radius 2 is 2.33 bits per heavy atom. The third kappa shape index (κ3) is 0.839. The largest absolute Gasteiger partial charge is 0.235 e. The molecule has 2 rings (SSSR count). The lowest BCUT2D eigenvalue weighted by molar-refractivity contribution is 0.934. The molecule has 0 atom stereocenters. The molecule has 0 radical (unpaired) electrons. The molecule has 0 aliphatic heterocycles. The van der Waals surface area contributed by atoms with Crippen molar-refractivity contribution in [3.05, 3.63) is 29.7 Å². The van der Waals surface area contributed by atoms with Crippen LogP contribution in [-0.4, -0.2) is 14.6 Å². The Hall–Kier alpha value is -1.89. The van der Waals surface area contributed by atoms with Crippen LogP contribution < -0.4 is 0 Å². The highest BCUT2D eigenvalue weighted by atomic mass is 15.2. The van der Waals surface area contributed by atoms with Crippen molar-refractivity contribution in [2.45, 2.75) is 6.92 Å². The van der Waals surface area contributed by atoms with Crippen LogP contribution in [0.3, 0.4) is 0 Å². The van der Waals surface area contributed by atoms with Gasteiger partial charge < -0.3 is 0 Å². The number of nitriles is 1. The van der Waals surface area contributed by atoms with Gasteiger partial charge in [0.05, 0.1) is 18.0 Å². The first-order valence-electron chi connectivity index (χ1n) is 3.51. The predicted molar refractivity (Wildman–Crippen MR) is 42.4 cm³/mol. The molecule has 2 heterocycles. The first kappa shape index (κ1) is 6.80. The molecule has 0 aliphatic carbocycles. The van der Waals surface area contributed by atoms with Crippen molar-refractivity contribution in [2.75, 3.05) is 0 Å². The van der Waals surface area contributed by atoms with Gasteiger partial charge in [0.15, 0.2) is 5.65 Å². The van der Waals surface area contributed by atoms with E-state index in [1.165, 1.54) is 0 Å². The molecule has 4 heteroatoms. The van der Waals surface area contributed by atoms with E-state index in [9.17, 15) is 0 Å². The zero-order valence-corrected chi connectivity index (χ0v) is 6.52. The van der Waals surface area contributed by atoms with E-state index in [0.29, 0.717) is 5.56 Å². The Kier molecular flexibility index (Phi) is 1.31. The fourth-order valence-electron chi connectivity index (χ4n) is 1.05. The van der Waals surface area contributed by atoms with E-state index in [2.05, 4.69) is 10.1 Å². The minimum atomic E-state index is 0.519. The van der Waals surface area contributed by atoms with Crippen LogP contribution in [0.15, 0.2) is 18.6 Å². The number of rotatable bonds is 0. The molecule has 0 aromatic carbocycles. The van der Waals surface area contributed by atoms with E-state index < -0.39 is 0 Å². The molecule has 0 saturated carbocycles. The summed E-state index contributed by atoms with van der Waals surface area (Å²) in [5.74, 6) is 0. The van der Waals surface area contributed by atoms with Crippen molar-refractivity contribution in [1.82, 2.24) is 14.6 Å². The second-order valence-corrected chi connectivity index (χ2v) is 2.55. The molecule has 2 aromatic heterocycles. The molecule has 0 fully saturated rings. The molecule has 0 saturated heterocycles. The lowest BCUT2D eigenvalue weighted by Crippen LogP contribution is -1.91. The summed E-state index contributed by atoms with van der Waals surface area (Å²) in [4.78, 5) is 4.09. The van der Waals surface area contributed by atoms with Gasteiger partial charge in [0.2, 0.25) is 0 Å². The molecule has 0 bridgehead atoms. The molecule has 0 aliphatic rings. The maximum Gasteiger partial charge on any atom is 0.157 e. The highest BCUT2D eigenvalue weighted by Gasteiger charge is 2.00. The second kappa shape index (κ2) is 2.31. The fraction of sp³-hybridized carbons (Fsp3) is 0.125. The van der Waals surface area contributed by atoms with Gasteiger partial charge in [-0.05, 0) is 6.92 Å². The molecule has 0 unspecified atom stereocenters. The Morgan fingerprint density at radius 1 is 1.50 bits per heavy atom. The topological polar surface area (TPSA) is 54.0 Å². The lowest BCUT2D eigenvalue weighted by Gasteiger charge is -1.92. The van der Waals surface area contributed by atoms with Gasteiger partial charge in [-0.25, -0.2) is 9.50 Å². The zero-order valence-electron chi connectivity index (χ0n) is 6.52. The van der Waals surface area contributed by atoms with E-state index in [4.69, 9.17) is 5.26 Å². The maximum atomic E-state index is 8.57. The third-order valence-corrected chi connectivity index (χ3v) is 1.66. The standard InChI is InChI=1S/C8H6N4/c1-6-3-11-12-5-7(2-9)4-10-8(6)12/h3-5H,1H3. The average Bonchev–Trinajstić information content (AvgIpc) is 2.47. The van der Waals surface area contributed by atoms with Crippen molar-refractivity contribution < 1.29 is 0 Å². The Balaban J connectivity index is 2.80. The Labute approximate surface area is 69.1 Å². The van der Waals surface area contributed by atoms with Crippen molar-refractivity contribution in [1.29, 1.82) is 5.26 Å². The summed E-state index contributed by atoms with van der Waals surface area (Å²) in [6, 6.07) is 2.01. The van der Waals surface area contributed by atoms with Crippen LogP contribution in [0.25, 0.3) is 5.65 Å². The van der Waals surface area contributed by atoms with Crippen LogP contribution >= 0.6 is 0 Å². The van der Waals surface area contributed by atoms with Gasteiger partial charge in [0, 0.05) is 11.8 Å². The van der Waals surface area contributed by atoms with E-state index >= 15 is 0 Å². The summed E-state index contributed by atoms with van der Waals surface area (Å²) in [5.41, 5.74) is 2.33. The van der Waals surface area contributed by atoms with Crippen molar-refractivity contribution in [3.8, 4) is 6.07 Å². The van der Waals surface area contributed by atoms with Crippen LogP contribution in [0.4, 0.5) is 0 Å². The first-order chi connectivity index (χ1) is 5.81. The average molecular weight is 158 g/mol. The van der Waals surface area contributed by atoms with Crippen LogP contribution in [0.5, 0.6) is 0 Å². The molecular formula is C8H6N4. The van der Waals surface area contributed by atoms with Gasteiger partial charge in [0.25, 0.3) is 0 Å². The van der Waals surface area contributed by atoms with Crippen LogP contribution in [0.2, 0.25) is 0 Å². The number of hydrogen-bond donors (Lipinski definition) is 0. The summed E-state index contributed by atoms with van der Waals surface area (Å²) in [6.07, 6.45) is 4.93. The molecule has 12 heavy (non-hydrogen) atoms. The van der Waals surface area contributed by atoms with Crippen LogP contribution in [-0.2, 0) is 0 Å². The quantitative estimate of drug-likeness (QED) is 0.572. The van der Waals surface area contributed by atoms with Crippen LogP contribution in [0, 0.1) is 18.3 Å². The van der Waals surface area contributed by atoms with E-state index in [1.54, 1.807) is 23.1 Å². The second-order valence-electron chi connectivity index (χ2n) is 2.55. The van der Waals surface area contributed by atoms with Crippen molar-refractivity contribution in [3.63, 3.8) is 0 Å². The van der Waals surface area contributed by atoms with Gasteiger partial charge in [-0.3, -0.25) is 0 Å². The molecule has 0 N–H and O–H groups in total. The third-order valence-electron chi connectivity index (χ3n) is 1.66. The van der Waals surface area contributed by atoms with E-state index in [-0.39, 0.29) is 0 Å². The molecular weight excluding hydrogens is 152 g/mol. The smallest absolute Gasteiger partial charge is 0.157 e. The summed E-state index contributed by atoms with van der Waals surface area (Å²) in [7, 11) is 0. The molecule has 0 amide bonds. The lowest BCUT2D eigenvalue weighted by atomic mass is 10.3. The SMILES string of the molecule is Cc1cnn2cc(C#N)cnc12. The number of aromatic nitrogens is 3. The Bertz CT molecular complexity index is 463. The number of fused-ring (bicyclic) bond motifs is 1. The highest BCUT2D eigenvalue weighted by Crippen LogP contribution is 2.05. The number of hydrogen-bond acceptors (Lipinski definition) is 3. The predicted octanol–water partition coefficient (Wildman–Crippen LogP) is 0.909. The number of aryl methyl sites for hydroxylation is 1. The maximum absolute atomic E-state index is 8.57. The summed E-state index contributed by atoms with van der Waals surface area (Å²) in [6.45, 7) is 1.93. The monoisotopic (exact) mass is 158 g/mol. The van der Waals surface area contributed by atoms with Crippen molar-refractivity contribution in [2.24, 2.45) is 0 Å². The summed E-state index contributed by atoms with van der Waals surface area (Å²) < 4.78 is 1.61. The molecule has 58 valence electrons. The minimum Gasteiger partial charge on any atom is -0.235 e. The van der Waals surface area contributed by atoms with E-state index in [0.717, 1.165) is 11.2 Å². The van der Waals surface area contributed by atoms with Gasteiger partial charge >= 0.3 is 0 Å². The first-order valence-corrected chi connectivity index (χ1v) is 3.51. The van der Waals surface area contributed by atoms with Gasteiger partial charge in [-0.1, -0.05) is 0 Å². The Morgan fingerprint density at radius 3 is 3.08 bits per heavy atom. The van der Waals surface area contributed by atoms with Crippen molar-refractivity contribution >= 4 is 5.65 Å². The van der Waals surface area contributed by atoms with Gasteiger partial charge in [0.1, 0.15) is 6.07 Å².